The van der Waals surface area contributed by atoms with Gasteiger partial charge in [-0.2, -0.15) is 0 Å². The van der Waals surface area contributed by atoms with Gasteiger partial charge in [-0.25, -0.2) is 0 Å². The average Bonchev–Trinajstić information content (AvgIpc) is 3.35. The fraction of sp³-hybridized carbons (Fsp3) is 0.974. The highest BCUT2D eigenvalue weighted by Crippen LogP contribution is 2.77. The van der Waals surface area contributed by atoms with E-state index in [1.165, 1.54) is 57.8 Å². The van der Waals surface area contributed by atoms with Crippen molar-refractivity contribution in [2.24, 2.45) is 45.8 Å². The number of esters is 1. The first kappa shape index (κ1) is 34.3. The van der Waals surface area contributed by atoms with Gasteiger partial charge in [0, 0.05) is 6.42 Å². The highest BCUT2D eigenvalue weighted by atomic mass is 16.6. The van der Waals surface area contributed by atoms with E-state index in [-0.39, 0.29) is 28.7 Å². The van der Waals surface area contributed by atoms with Crippen LogP contribution in [0.3, 0.4) is 0 Å². The van der Waals surface area contributed by atoms with E-state index < -0.39 is 0 Å². The Morgan fingerprint density at radius 1 is 0.881 bits per heavy atom. The van der Waals surface area contributed by atoms with E-state index in [4.69, 9.17) is 9.47 Å². The van der Waals surface area contributed by atoms with Gasteiger partial charge in [0.2, 0.25) is 0 Å². The molecule has 4 rings (SSSR count). The van der Waals surface area contributed by atoms with Gasteiger partial charge in [0.05, 0.1) is 18.3 Å². The number of aliphatic hydroxyl groups is 1. The Balaban J connectivity index is 1.42. The van der Waals surface area contributed by atoms with Crippen LogP contribution >= 0.6 is 0 Å². The van der Waals surface area contributed by atoms with Crippen LogP contribution in [0.4, 0.5) is 0 Å². The fourth-order valence-corrected chi connectivity index (χ4v) is 11.2. The zero-order chi connectivity index (χ0) is 31.0. The van der Waals surface area contributed by atoms with Crippen molar-refractivity contribution in [3.05, 3.63) is 0 Å². The van der Waals surface area contributed by atoms with Crippen LogP contribution in [0.5, 0.6) is 0 Å². The van der Waals surface area contributed by atoms with Crippen molar-refractivity contribution in [2.45, 2.75) is 182 Å². The summed E-state index contributed by atoms with van der Waals surface area (Å²) in [5.74, 6) is 2.97. The van der Waals surface area contributed by atoms with Gasteiger partial charge >= 0.3 is 5.97 Å². The lowest BCUT2D eigenvalue weighted by Crippen LogP contribution is -2.61. The third kappa shape index (κ3) is 6.12. The van der Waals surface area contributed by atoms with Crippen molar-refractivity contribution in [1.82, 2.24) is 0 Å². The molecule has 1 aliphatic heterocycles. The standard InChI is InChI=1S/C38H68O4/c1-10-11-12-13-14-17-33(40)41-26-15-16-32-35(7)24-25-36(8)29(28(4)18-19-30(39)27(2)3)20-22-37(36,9)31(35)21-23-38(32)34(5,6)42-38/h27-32,39H,10-26H2,1-9H3/t28-,29-,30+,31-,32-,35+,36-,37+,38-/m0/s1. The van der Waals surface area contributed by atoms with E-state index in [0.717, 1.165) is 44.4 Å². The van der Waals surface area contributed by atoms with Crippen molar-refractivity contribution in [2.75, 3.05) is 6.61 Å². The van der Waals surface area contributed by atoms with Crippen LogP contribution in [0, 0.1) is 45.8 Å². The van der Waals surface area contributed by atoms with Gasteiger partial charge in [0.25, 0.3) is 0 Å². The Morgan fingerprint density at radius 3 is 2.21 bits per heavy atom. The SMILES string of the molecule is CCCCCCCC(=O)OCCC[C@H]1[C@]2(C)CC[C@@]3(C)[C@H]([C@@H](C)CC[C@@H](O)C(C)C)CC[C@]3(C)[C@H]2CC[C@]12OC2(C)C. The molecule has 1 saturated heterocycles. The number of unbranched alkanes of at least 4 members (excludes halogenated alkanes) is 4. The number of carbonyl (C=O) groups excluding carboxylic acids is 1. The van der Waals surface area contributed by atoms with E-state index >= 15 is 0 Å². The van der Waals surface area contributed by atoms with Crippen molar-refractivity contribution >= 4 is 5.97 Å². The minimum Gasteiger partial charge on any atom is -0.466 e. The number of rotatable bonds is 15. The molecule has 1 spiro atoms. The van der Waals surface area contributed by atoms with Gasteiger partial charge in [0.15, 0.2) is 0 Å². The lowest BCUT2D eigenvalue weighted by molar-refractivity contribution is -0.173. The molecule has 0 amide bonds. The van der Waals surface area contributed by atoms with Crippen molar-refractivity contribution < 1.29 is 19.4 Å². The minimum atomic E-state index is -0.176. The van der Waals surface area contributed by atoms with E-state index in [2.05, 4.69) is 62.3 Å². The molecular formula is C38H68O4. The largest absolute Gasteiger partial charge is 0.466 e. The topological polar surface area (TPSA) is 59.1 Å². The Kier molecular flexibility index (Phi) is 10.6. The van der Waals surface area contributed by atoms with Crippen LogP contribution in [-0.2, 0) is 14.3 Å². The molecule has 1 heterocycles. The quantitative estimate of drug-likeness (QED) is 0.117. The van der Waals surface area contributed by atoms with E-state index in [1.807, 2.05) is 0 Å². The summed E-state index contributed by atoms with van der Waals surface area (Å²) in [5.41, 5.74) is 0.908. The third-order valence-electron chi connectivity index (χ3n) is 14.2. The Labute approximate surface area is 259 Å². The highest BCUT2D eigenvalue weighted by Gasteiger charge is 2.76. The summed E-state index contributed by atoms with van der Waals surface area (Å²) >= 11 is 0. The zero-order valence-corrected chi connectivity index (χ0v) is 29.2. The molecule has 42 heavy (non-hydrogen) atoms. The molecule has 244 valence electrons. The van der Waals surface area contributed by atoms with Crippen LogP contribution in [0.15, 0.2) is 0 Å². The summed E-state index contributed by atoms with van der Waals surface area (Å²) in [4.78, 5) is 12.4. The van der Waals surface area contributed by atoms with Gasteiger partial charge in [-0.1, -0.05) is 74.1 Å². The third-order valence-corrected chi connectivity index (χ3v) is 14.2. The summed E-state index contributed by atoms with van der Waals surface area (Å²) in [6.07, 6.45) is 18.0. The second-order valence-corrected chi connectivity index (χ2v) is 17.0. The first-order chi connectivity index (χ1) is 19.7. The lowest BCUT2D eigenvalue weighted by Gasteiger charge is -2.65. The zero-order valence-electron chi connectivity index (χ0n) is 29.2. The van der Waals surface area contributed by atoms with Gasteiger partial charge < -0.3 is 14.6 Å². The number of ether oxygens (including phenoxy) is 2. The molecular weight excluding hydrogens is 520 g/mol. The molecule has 0 unspecified atom stereocenters. The predicted molar refractivity (Wildman–Crippen MR) is 173 cm³/mol. The Hall–Kier alpha value is -0.610. The van der Waals surface area contributed by atoms with Crippen LogP contribution in [0.25, 0.3) is 0 Å². The Morgan fingerprint density at radius 2 is 1.57 bits per heavy atom. The predicted octanol–water partition coefficient (Wildman–Crippen LogP) is 9.90. The molecule has 4 nitrogen and oxygen atoms in total. The Bertz CT molecular complexity index is 913. The average molecular weight is 589 g/mol. The molecule has 4 aliphatic rings. The molecule has 9 atom stereocenters. The smallest absolute Gasteiger partial charge is 0.305 e. The number of carbonyl (C=O) groups is 1. The summed E-state index contributed by atoms with van der Waals surface area (Å²) in [6, 6.07) is 0. The number of hydrogen-bond acceptors (Lipinski definition) is 4. The molecule has 3 aliphatic carbocycles. The molecule has 1 N–H and O–H groups in total. The minimum absolute atomic E-state index is 0.00933. The second kappa shape index (κ2) is 13.0. The maximum Gasteiger partial charge on any atom is 0.305 e. The number of epoxide rings is 1. The monoisotopic (exact) mass is 589 g/mol. The molecule has 3 saturated carbocycles. The van der Waals surface area contributed by atoms with Gasteiger partial charge in [-0.05, 0) is 130 Å². The summed E-state index contributed by atoms with van der Waals surface area (Å²) in [7, 11) is 0. The van der Waals surface area contributed by atoms with Gasteiger partial charge in [-0.3, -0.25) is 4.79 Å². The number of fused-ring (bicyclic) bond motifs is 3. The van der Waals surface area contributed by atoms with Crippen LogP contribution in [-0.4, -0.2) is 35.0 Å². The van der Waals surface area contributed by atoms with Crippen LogP contribution in [0.2, 0.25) is 0 Å². The maximum absolute atomic E-state index is 12.4. The van der Waals surface area contributed by atoms with E-state index in [0.29, 0.717) is 47.5 Å². The fourth-order valence-electron chi connectivity index (χ4n) is 11.2. The van der Waals surface area contributed by atoms with Crippen molar-refractivity contribution in [3.8, 4) is 0 Å². The summed E-state index contributed by atoms with van der Waals surface area (Å²) in [6.45, 7) is 22.1. The first-order valence-electron chi connectivity index (χ1n) is 18.2. The normalized spacial score (nSPS) is 40.0. The van der Waals surface area contributed by atoms with Crippen LogP contribution in [0.1, 0.15) is 165 Å². The van der Waals surface area contributed by atoms with Crippen molar-refractivity contribution in [1.29, 1.82) is 0 Å². The highest BCUT2D eigenvalue weighted by molar-refractivity contribution is 5.69. The van der Waals surface area contributed by atoms with Crippen LogP contribution < -0.4 is 0 Å². The van der Waals surface area contributed by atoms with E-state index in [1.54, 1.807) is 0 Å². The number of aliphatic hydroxyl groups excluding tert-OH is 1. The van der Waals surface area contributed by atoms with E-state index in [9.17, 15) is 9.90 Å². The molecule has 0 radical (unpaired) electrons. The molecule has 0 aromatic rings. The summed E-state index contributed by atoms with van der Waals surface area (Å²) in [5, 5.41) is 10.5. The maximum atomic E-state index is 12.4. The molecule has 4 heteroatoms. The molecule has 0 aromatic carbocycles. The second-order valence-electron chi connectivity index (χ2n) is 17.0. The van der Waals surface area contributed by atoms with Gasteiger partial charge in [-0.15, -0.1) is 0 Å². The summed E-state index contributed by atoms with van der Waals surface area (Å²) < 4.78 is 12.4. The molecule has 4 fully saturated rings. The molecule has 0 bridgehead atoms. The molecule has 0 aromatic heterocycles. The van der Waals surface area contributed by atoms with Gasteiger partial charge in [0.1, 0.15) is 5.60 Å². The van der Waals surface area contributed by atoms with Crippen molar-refractivity contribution in [3.63, 3.8) is 0 Å². The first-order valence-corrected chi connectivity index (χ1v) is 18.2. The lowest BCUT2D eigenvalue weighted by atomic mass is 9.39. The number of hydrogen-bond donors (Lipinski definition) is 1.